The van der Waals surface area contributed by atoms with Crippen LogP contribution in [0.5, 0.6) is 5.75 Å². The molecule has 6 heteroatoms. The molecule has 0 radical (unpaired) electrons. The highest BCUT2D eigenvalue weighted by atomic mass is 32.1. The molecule has 2 heterocycles. The second-order valence-electron chi connectivity index (χ2n) is 6.75. The first-order chi connectivity index (χ1) is 14.7. The van der Waals surface area contributed by atoms with Crippen LogP contribution in [-0.4, -0.2) is 16.7 Å². The van der Waals surface area contributed by atoms with E-state index in [1.807, 2.05) is 66.7 Å². The van der Waals surface area contributed by atoms with Gasteiger partial charge in [0, 0.05) is 15.6 Å². The fourth-order valence-corrected chi connectivity index (χ4v) is 4.54. The largest absolute Gasteiger partial charge is 0.497 e. The Balaban J connectivity index is 1.93. The maximum absolute atomic E-state index is 13.6. The van der Waals surface area contributed by atoms with Crippen LogP contribution >= 0.6 is 11.3 Å². The smallest absolute Gasteiger partial charge is 0.271 e. The number of hydrogen-bond acceptors (Lipinski definition) is 5. The lowest BCUT2D eigenvalue weighted by Crippen LogP contribution is -2.26. The molecule has 0 saturated heterocycles. The summed E-state index contributed by atoms with van der Waals surface area (Å²) >= 11 is 1.35. The molecule has 0 fully saturated rings. The molecule has 5 nitrogen and oxygen atoms in total. The van der Waals surface area contributed by atoms with Gasteiger partial charge in [0.25, 0.3) is 5.56 Å². The van der Waals surface area contributed by atoms with Gasteiger partial charge < -0.3 is 4.74 Å². The van der Waals surface area contributed by atoms with Gasteiger partial charge in [0.05, 0.1) is 12.8 Å². The van der Waals surface area contributed by atoms with E-state index in [4.69, 9.17) is 9.72 Å². The van der Waals surface area contributed by atoms with Gasteiger partial charge >= 0.3 is 0 Å². The number of ether oxygens (including phenoxy) is 1. The zero-order valence-electron chi connectivity index (χ0n) is 16.0. The lowest BCUT2D eigenvalue weighted by atomic mass is 10.1. The minimum Gasteiger partial charge on any atom is -0.497 e. The Bertz CT molecular complexity index is 1500. The standard InChI is InChI=1S/C24H16N2O3S/c1-29-17-13-11-15(12-14-17)22-25-23-20(21(27)18-9-5-6-10-19(18)30-23)24(28)26(22)16-7-3-2-4-8-16/h2-14H,1H3. The summed E-state index contributed by atoms with van der Waals surface area (Å²) in [6.07, 6.45) is 0. The van der Waals surface area contributed by atoms with Gasteiger partial charge in [0.2, 0.25) is 5.43 Å². The molecule has 0 unspecified atom stereocenters. The summed E-state index contributed by atoms with van der Waals surface area (Å²) in [7, 11) is 1.60. The molecule has 0 spiro atoms. The summed E-state index contributed by atoms with van der Waals surface area (Å²) < 4.78 is 7.56. The zero-order valence-corrected chi connectivity index (χ0v) is 16.8. The van der Waals surface area contributed by atoms with Crippen LogP contribution in [0, 0.1) is 0 Å². The van der Waals surface area contributed by atoms with Gasteiger partial charge in [-0.1, -0.05) is 30.3 Å². The summed E-state index contributed by atoms with van der Waals surface area (Å²) in [5, 5.41) is 0.644. The molecule has 146 valence electrons. The quantitative estimate of drug-likeness (QED) is 0.405. The number of benzene rings is 3. The van der Waals surface area contributed by atoms with Crippen LogP contribution in [0.2, 0.25) is 0 Å². The summed E-state index contributed by atoms with van der Waals surface area (Å²) in [6.45, 7) is 0. The Morgan fingerprint density at radius 2 is 1.57 bits per heavy atom. The number of para-hydroxylation sites is 1. The number of rotatable bonds is 3. The normalized spacial score (nSPS) is 11.1. The van der Waals surface area contributed by atoms with Crippen LogP contribution < -0.4 is 15.7 Å². The molecule has 5 aromatic rings. The molecular weight excluding hydrogens is 396 g/mol. The first-order valence-electron chi connectivity index (χ1n) is 9.36. The Hall–Kier alpha value is -3.77. The number of fused-ring (bicyclic) bond motifs is 2. The minimum absolute atomic E-state index is 0.111. The predicted octanol–water partition coefficient (Wildman–Crippen LogP) is 4.64. The van der Waals surface area contributed by atoms with Crippen LogP contribution in [0.4, 0.5) is 0 Å². The third kappa shape index (κ3) is 2.89. The van der Waals surface area contributed by atoms with Gasteiger partial charge in [-0.3, -0.25) is 14.2 Å². The van der Waals surface area contributed by atoms with E-state index in [1.165, 1.54) is 15.9 Å². The predicted molar refractivity (Wildman–Crippen MR) is 121 cm³/mol. The highest BCUT2D eigenvalue weighted by molar-refractivity contribution is 7.24. The highest BCUT2D eigenvalue weighted by Crippen LogP contribution is 2.27. The van der Waals surface area contributed by atoms with E-state index in [0.29, 0.717) is 27.5 Å². The van der Waals surface area contributed by atoms with Crippen LogP contribution in [0.3, 0.4) is 0 Å². The van der Waals surface area contributed by atoms with Gasteiger partial charge in [-0.25, -0.2) is 4.98 Å². The molecular formula is C24H16N2O3S. The van der Waals surface area contributed by atoms with E-state index in [-0.39, 0.29) is 16.4 Å². The van der Waals surface area contributed by atoms with Crippen molar-refractivity contribution in [2.75, 3.05) is 7.11 Å². The maximum atomic E-state index is 13.6. The molecule has 0 atom stereocenters. The van der Waals surface area contributed by atoms with Crippen LogP contribution in [0.15, 0.2) is 88.5 Å². The van der Waals surface area contributed by atoms with Crippen molar-refractivity contribution in [1.82, 2.24) is 9.55 Å². The number of hydrogen-bond donors (Lipinski definition) is 0. The second-order valence-corrected chi connectivity index (χ2v) is 7.78. The van der Waals surface area contributed by atoms with E-state index >= 15 is 0 Å². The van der Waals surface area contributed by atoms with Crippen molar-refractivity contribution in [2.45, 2.75) is 0 Å². The lowest BCUT2D eigenvalue weighted by molar-refractivity contribution is 0.415. The Morgan fingerprint density at radius 1 is 0.867 bits per heavy atom. The second kappa shape index (κ2) is 7.24. The number of methoxy groups -OCH3 is 1. The molecule has 0 bridgehead atoms. The van der Waals surface area contributed by atoms with Crippen molar-refractivity contribution >= 4 is 31.6 Å². The lowest BCUT2D eigenvalue weighted by Gasteiger charge is -2.14. The van der Waals surface area contributed by atoms with Gasteiger partial charge in [0.15, 0.2) is 0 Å². The van der Waals surface area contributed by atoms with Crippen molar-refractivity contribution < 1.29 is 4.74 Å². The van der Waals surface area contributed by atoms with Crippen LogP contribution in [-0.2, 0) is 0 Å². The Kier molecular flexibility index (Phi) is 4.41. The fourth-order valence-electron chi connectivity index (χ4n) is 3.50. The summed E-state index contributed by atoms with van der Waals surface area (Å²) in [5.41, 5.74) is 0.749. The highest BCUT2D eigenvalue weighted by Gasteiger charge is 2.18. The Morgan fingerprint density at radius 3 is 2.30 bits per heavy atom. The Labute approximate surface area is 175 Å². The van der Waals surface area contributed by atoms with Gasteiger partial charge in [-0.15, -0.1) is 11.3 Å². The van der Waals surface area contributed by atoms with Crippen molar-refractivity contribution in [3.8, 4) is 22.8 Å². The average Bonchev–Trinajstić information content (AvgIpc) is 2.79. The van der Waals surface area contributed by atoms with E-state index in [1.54, 1.807) is 19.2 Å². The van der Waals surface area contributed by atoms with Gasteiger partial charge in [0.1, 0.15) is 21.8 Å². The topological polar surface area (TPSA) is 61.2 Å². The summed E-state index contributed by atoms with van der Waals surface area (Å²) in [5.74, 6) is 1.19. The van der Waals surface area contributed by atoms with Crippen LogP contribution in [0.1, 0.15) is 0 Å². The van der Waals surface area contributed by atoms with Gasteiger partial charge in [-0.05, 0) is 48.5 Å². The molecule has 30 heavy (non-hydrogen) atoms. The average molecular weight is 412 g/mol. The first kappa shape index (κ1) is 18.3. The van der Waals surface area contributed by atoms with E-state index in [2.05, 4.69) is 0 Å². The molecule has 0 aliphatic heterocycles. The van der Waals surface area contributed by atoms with E-state index in [0.717, 1.165) is 10.3 Å². The van der Waals surface area contributed by atoms with Crippen molar-refractivity contribution in [1.29, 1.82) is 0 Å². The minimum atomic E-state index is -0.371. The third-order valence-corrected chi connectivity index (χ3v) is 6.04. The molecule has 5 rings (SSSR count). The molecule has 2 aromatic heterocycles. The maximum Gasteiger partial charge on any atom is 0.271 e. The van der Waals surface area contributed by atoms with Gasteiger partial charge in [-0.2, -0.15) is 0 Å². The molecule has 0 aliphatic rings. The van der Waals surface area contributed by atoms with E-state index in [9.17, 15) is 9.59 Å². The SMILES string of the molecule is COc1ccc(-c2nc3sc4ccccc4c(=O)c3c(=O)n2-c2ccccc2)cc1. The van der Waals surface area contributed by atoms with Crippen molar-refractivity contribution in [2.24, 2.45) is 0 Å². The van der Waals surface area contributed by atoms with E-state index < -0.39 is 0 Å². The first-order valence-corrected chi connectivity index (χ1v) is 10.2. The zero-order chi connectivity index (χ0) is 20.7. The monoisotopic (exact) mass is 412 g/mol. The molecule has 3 aromatic carbocycles. The third-order valence-electron chi connectivity index (χ3n) is 4.98. The summed E-state index contributed by atoms with van der Waals surface area (Å²) in [6, 6.07) is 23.9. The molecule has 0 saturated carbocycles. The van der Waals surface area contributed by atoms with Crippen molar-refractivity contribution in [3.05, 3.63) is 99.4 Å². The number of aromatic nitrogens is 2. The summed E-state index contributed by atoms with van der Waals surface area (Å²) in [4.78, 5) is 32.0. The molecule has 0 N–H and O–H groups in total. The fraction of sp³-hybridized carbons (Fsp3) is 0.0417. The molecule has 0 aliphatic carbocycles. The molecule has 0 amide bonds. The van der Waals surface area contributed by atoms with Crippen LogP contribution in [0.25, 0.3) is 37.4 Å². The van der Waals surface area contributed by atoms with Crippen molar-refractivity contribution in [3.63, 3.8) is 0 Å². The number of nitrogens with zero attached hydrogens (tertiary/aromatic N) is 2.